The summed E-state index contributed by atoms with van der Waals surface area (Å²) < 4.78 is 0. The van der Waals surface area contributed by atoms with E-state index in [-0.39, 0.29) is 33.0 Å². The van der Waals surface area contributed by atoms with E-state index in [0.29, 0.717) is 0 Å². The van der Waals surface area contributed by atoms with Gasteiger partial charge in [0.25, 0.3) is 0 Å². The van der Waals surface area contributed by atoms with E-state index >= 15 is 0 Å². The molecule has 0 saturated heterocycles. The van der Waals surface area contributed by atoms with Crippen LogP contribution >= 0.6 is 26.3 Å². The third-order valence-electron chi connectivity index (χ3n) is 3.89. The first-order chi connectivity index (χ1) is 12.4. The third kappa shape index (κ3) is 11.2. The Morgan fingerprint density at radius 1 is 0.655 bits per heavy atom. The van der Waals surface area contributed by atoms with Crippen molar-refractivity contribution in [2.75, 3.05) is 10.2 Å². The molecule has 0 spiro atoms. The SMILES string of the molecule is CC(C)(C)P(Nc1cccc(NP(C(C)(C)C)C(C)(C)C)n1)C(C)(C)C.[Cl-].[Cl][Co+]. The van der Waals surface area contributed by atoms with Crippen molar-refractivity contribution in [1.82, 2.24) is 4.98 Å². The predicted molar refractivity (Wildman–Crippen MR) is 130 cm³/mol. The van der Waals surface area contributed by atoms with Gasteiger partial charge in [0.05, 0.1) is 0 Å². The van der Waals surface area contributed by atoms with Crippen LogP contribution < -0.4 is 22.6 Å². The number of pyridine rings is 1. The summed E-state index contributed by atoms with van der Waals surface area (Å²) in [6.07, 6.45) is 0. The molecule has 0 radical (unpaired) electrons. The van der Waals surface area contributed by atoms with Gasteiger partial charge in [-0.2, -0.15) is 0 Å². The molecular weight excluding hydrogens is 486 g/mol. The Kier molecular flexibility index (Phi) is 13.3. The molecule has 3 nitrogen and oxygen atoms in total. The van der Waals surface area contributed by atoms with Gasteiger partial charge in [0.15, 0.2) is 0 Å². The number of nitrogens with zero attached hydrogens (tertiary/aromatic N) is 1. The Morgan fingerprint density at radius 2 is 0.897 bits per heavy atom. The molecular formula is C21H41Cl2CoN3P2. The van der Waals surface area contributed by atoms with E-state index in [1.165, 1.54) is 0 Å². The molecule has 0 amide bonds. The minimum absolute atomic E-state index is 0. The van der Waals surface area contributed by atoms with Gasteiger partial charge in [-0.15, -0.1) is 0 Å². The van der Waals surface area contributed by atoms with Gasteiger partial charge in [0.1, 0.15) is 11.6 Å². The van der Waals surface area contributed by atoms with Gasteiger partial charge in [-0.1, -0.05) is 89.2 Å². The van der Waals surface area contributed by atoms with Crippen LogP contribution in [0.3, 0.4) is 0 Å². The molecule has 0 bridgehead atoms. The molecule has 0 saturated carbocycles. The Hall–Kier alpha value is 0.696. The molecule has 29 heavy (non-hydrogen) atoms. The molecule has 0 aliphatic carbocycles. The van der Waals surface area contributed by atoms with Crippen LogP contribution in [-0.2, 0) is 14.8 Å². The molecule has 1 heterocycles. The second-order valence-electron chi connectivity index (χ2n) is 11.0. The van der Waals surface area contributed by atoms with Gasteiger partial charge in [-0.3, -0.25) is 0 Å². The molecule has 0 aromatic carbocycles. The zero-order chi connectivity index (χ0) is 22.6. The van der Waals surface area contributed by atoms with Crippen LogP contribution in [0.1, 0.15) is 83.1 Å². The van der Waals surface area contributed by atoms with Crippen LogP contribution in [-0.4, -0.2) is 25.6 Å². The molecule has 1 aromatic rings. The van der Waals surface area contributed by atoms with Crippen LogP contribution in [0.25, 0.3) is 0 Å². The number of nitrogens with one attached hydrogen (secondary N) is 2. The molecule has 0 unspecified atom stereocenters. The Morgan fingerprint density at radius 3 is 1.10 bits per heavy atom. The number of halogens is 2. The quantitative estimate of drug-likeness (QED) is 0.502. The summed E-state index contributed by atoms with van der Waals surface area (Å²) in [7, 11) is 3.46. The number of rotatable bonds is 4. The minimum atomic E-state index is -0.432. The Labute approximate surface area is 201 Å². The average Bonchev–Trinajstić information content (AvgIpc) is 2.48. The fraction of sp³-hybridized carbons (Fsp3) is 0.762. The maximum absolute atomic E-state index is 4.92. The number of hydrogen-bond donors (Lipinski definition) is 2. The van der Waals surface area contributed by atoms with Gasteiger partial charge in [-0.25, -0.2) is 4.98 Å². The van der Waals surface area contributed by atoms with Crippen LogP contribution in [0.4, 0.5) is 11.6 Å². The molecule has 0 fully saturated rings. The van der Waals surface area contributed by atoms with Crippen molar-refractivity contribution in [3.8, 4) is 0 Å². The fourth-order valence-electron chi connectivity index (χ4n) is 3.47. The summed E-state index contributed by atoms with van der Waals surface area (Å²) in [6, 6.07) is 6.29. The van der Waals surface area contributed by atoms with Crippen LogP contribution in [0.5, 0.6) is 0 Å². The third-order valence-corrected chi connectivity index (χ3v) is 10.2. The van der Waals surface area contributed by atoms with Crippen LogP contribution in [0.15, 0.2) is 18.2 Å². The van der Waals surface area contributed by atoms with E-state index in [1.807, 2.05) is 0 Å². The van der Waals surface area contributed by atoms with Crippen molar-refractivity contribution in [2.24, 2.45) is 0 Å². The predicted octanol–water partition coefficient (Wildman–Crippen LogP) is 5.58. The van der Waals surface area contributed by atoms with Crippen molar-refractivity contribution in [2.45, 2.75) is 104 Å². The van der Waals surface area contributed by atoms with Crippen molar-refractivity contribution in [1.29, 1.82) is 0 Å². The summed E-state index contributed by atoms with van der Waals surface area (Å²) in [5.74, 6) is 1.95. The summed E-state index contributed by atoms with van der Waals surface area (Å²) in [6.45, 7) is 27.8. The number of anilines is 2. The van der Waals surface area contributed by atoms with E-state index < -0.39 is 16.1 Å². The average molecular weight is 527 g/mol. The first-order valence-electron chi connectivity index (χ1n) is 9.66. The van der Waals surface area contributed by atoms with E-state index in [4.69, 9.17) is 4.98 Å². The Balaban J connectivity index is 0. The monoisotopic (exact) mass is 526 g/mol. The first kappa shape index (κ1) is 31.9. The van der Waals surface area contributed by atoms with Crippen molar-refractivity contribution >= 4 is 37.9 Å². The van der Waals surface area contributed by atoms with E-state index in [1.54, 1.807) is 0 Å². The van der Waals surface area contributed by atoms with Gasteiger partial charge in [0.2, 0.25) is 0 Å². The normalized spacial score (nSPS) is 12.8. The number of aromatic nitrogens is 1. The summed E-state index contributed by atoms with van der Waals surface area (Å²) in [5, 5.41) is 8.38. The number of hydrogen-bond acceptors (Lipinski definition) is 3. The second-order valence-corrected chi connectivity index (χ2v) is 18.1. The molecule has 1 rings (SSSR count). The van der Waals surface area contributed by atoms with Gasteiger partial charge >= 0.3 is 25.0 Å². The zero-order valence-electron chi connectivity index (χ0n) is 20.2. The summed E-state index contributed by atoms with van der Waals surface area (Å²) in [5.41, 5.74) is 0. The topological polar surface area (TPSA) is 37.0 Å². The van der Waals surface area contributed by atoms with Gasteiger partial charge in [-0.05, 0) is 12.1 Å². The van der Waals surface area contributed by atoms with E-state index in [9.17, 15) is 0 Å². The van der Waals surface area contributed by atoms with Crippen molar-refractivity contribution < 1.29 is 27.2 Å². The van der Waals surface area contributed by atoms with Crippen molar-refractivity contribution in [3.05, 3.63) is 18.2 Å². The second kappa shape index (κ2) is 12.1. The standard InChI is InChI=1S/C21H41N3P2.2ClH.Co/c1-18(2,3)25(19(4,5)6)23-16-14-13-15-17(22-16)24-26(20(7,8)9)21(10,11)12;;;/h13-15H,1-12H3,(H2,22,23,24);2*1H;/q;;;+2/p-2. The van der Waals surface area contributed by atoms with E-state index in [0.717, 1.165) is 11.6 Å². The summed E-state index contributed by atoms with van der Waals surface area (Å²) >= 11 is 3.03. The molecule has 1 aromatic heterocycles. The van der Waals surface area contributed by atoms with Gasteiger partial charge < -0.3 is 22.6 Å². The zero-order valence-corrected chi connectivity index (χ0v) is 24.5. The van der Waals surface area contributed by atoms with Crippen LogP contribution in [0.2, 0.25) is 0 Å². The molecule has 2 N–H and O–H groups in total. The molecule has 0 aliphatic heterocycles. The summed E-state index contributed by atoms with van der Waals surface area (Å²) in [4.78, 5) is 4.92. The molecule has 0 aliphatic rings. The van der Waals surface area contributed by atoms with E-state index in [2.05, 4.69) is 136 Å². The Bertz CT molecular complexity index is 526. The maximum atomic E-state index is 4.92. The fourth-order valence-corrected chi connectivity index (χ4v) is 9.55. The molecule has 0 atom stereocenters. The van der Waals surface area contributed by atoms with Gasteiger partial charge in [0, 0.05) is 36.8 Å². The molecule has 8 heteroatoms. The first-order valence-corrected chi connectivity index (χ1v) is 13.8. The molecule has 173 valence electrons. The van der Waals surface area contributed by atoms with Crippen LogP contribution in [0, 0.1) is 0 Å². The van der Waals surface area contributed by atoms with Crippen molar-refractivity contribution in [3.63, 3.8) is 0 Å².